The van der Waals surface area contributed by atoms with Gasteiger partial charge in [0.15, 0.2) is 0 Å². The Morgan fingerprint density at radius 3 is 2.28 bits per heavy atom. The Labute approximate surface area is 124 Å². The first kappa shape index (κ1) is 15.9. The molecule has 0 aliphatic heterocycles. The number of alkyl halides is 1. The molecule has 0 aliphatic carbocycles. The Bertz CT molecular complexity index is 512. The van der Waals surface area contributed by atoms with Crippen LogP contribution >= 0.6 is 22.6 Å². The molecule has 18 heavy (non-hydrogen) atoms. The lowest BCUT2D eigenvalue weighted by atomic mass is 10.1. The second-order valence-electron chi connectivity index (χ2n) is 4.87. The molecule has 0 saturated carbocycles. The fraction of sp³-hybridized carbons (Fsp3) is 0.538. The number of sulfonamides is 1. The van der Waals surface area contributed by atoms with Gasteiger partial charge in [0.2, 0.25) is 10.0 Å². The zero-order valence-corrected chi connectivity index (χ0v) is 14.2. The van der Waals surface area contributed by atoms with Gasteiger partial charge in [-0.3, -0.25) is 0 Å². The second kappa shape index (κ2) is 6.34. The van der Waals surface area contributed by atoms with E-state index in [2.05, 4.69) is 27.3 Å². The van der Waals surface area contributed by atoms with Crippen LogP contribution in [0.1, 0.15) is 25.0 Å². The number of hydrogen-bond donors (Lipinski definition) is 1. The summed E-state index contributed by atoms with van der Waals surface area (Å²) in [6.45, 7) is 7.94. The molecule has 1 N–H and O–H groups in total. The van der Waals surface area contributed by atoms with Gasteiger partial charge in [0.25, 0.3) is 0 Å². The molecule has 1 rings (SSSR count). The van der Waals surface area contributed by atoms with Crippen LogP contribution in [0.2, 0.25) is 0 Å². The summed E-state index contributed by atoms with van der Waals surface area (Å²) >= 11 is 2.21. The van der Waals surface area contributed by atoms with Gasteiger partial charge >= 0.3 is 0 Å². The van der Waals surface area contributed by atoms with Crippen molar-refractivity contribution < 1.29 is 8.42 Å². The van der Waals surface area contributed by atoms with Crippen LogP contribution in [-0.2, 0) is 10.0 Å². The van der Waals surface area contributed by atoms with Crippen molar-refractivity contribution >= 4 is 32.6 Å². The quantitative estimate of drug-likeness (QED) is 0.630. The van der Waals surface area contributed by atoms with Crippen LogP contribution in [0.4, 0.5) is 0 Å². The Morgan fingerprint density at radius 1 is 1.22 bits per heavy atom. The molecule has 0 saturated heterocycles. The fourth-order valence-electron chi connectivity index (χ4n) is 1.49. The normalized spacial score (nSPS) is 13.9. The standard InChI is InChI=1S/C13H20INO2S/c1-9(2)13(8-14)15-18(16,17)12-6-5-10(3)11(4)7-12/h5-7,9,13,15H,8H2,1-4H3. The smallest absolute Gasteiger partial charge is 0.207 e. The van der Waals surface area contributed by atoms with Gasteiger partial charge in [0, 0.05) is 10.5 Å². The third-order valence-corrected chi connectivity index (χ3v) is 5.50. The van der Waals surface area contributed by atoms with Gasteiger partial charge in [0.05, 0.1) is 4.90 Å². The lowest BCUT2D eigenvalue weighted by Crippen LogP contribution is -2.39. The van der Waals surface area contributed by atoms with E-state index in [1.165, 1.54) is 0 Å². The molecule has 0 heterocycles. The number of halogens is 1. The van der Waals surface area contributed by atoms with Crippen molar-refractivity contribution in [1.29, 1.82) is 0 Å². The molecule has 102 valence electrons. The minimum absolute atomic E-state index is 0.0304. The first-order valence-corrected chi connectivity index (χ1v) is 8.94. The van der Waals surface area contributed by atoms with E-state index in [4.69, 9.17) is 0 Å². The average Bonchev–Trinajstić information content (AvgIpc) is 2.29. The van der Waals surface area contributed by atoms with Gasteiger partial charge in [-0.15, -0.1) is 0 Å². The number of aryl methyl sites for hydroxylation is 2. The van der Waals surface area contributed by atoms with E-state index in [0.717, 1.165) is 15.6 Å². The Morgan fingerprint density at radius 2 is 1.83 bits per heavy atom. The first-order chi connectivity index (χ1) is 8.27. The minimum Gasteiger partial charge on any atom is -0.207 e. The lowest BCUT2D eigenvalue weighted by molar-refractivity contribution is 0.486. The van der Waals surface area contributed by atoms with Gasteiger partial charge in [-0.2, -0.15) is 0 Å². The maximum Gasteiger partial charge on any atom is 0.240 e. The highest BCUT2D eigenvalue weighted by molar-refractivity contribution is 14.1. The molecular formula is C13H20INO2S. The topological polar surface area (TPSA) is 46.2 Å². The zero-order valence-electron chi connectivity index (χ0n) is 11.2. The molecular weight excluding hydrogens is 361 g/mol. The van der Waals surface area contributed by atoms with E-state index < -0.39 is 10.0 Å². The van der Waals surface area contributed by atoms with E-state index in [9.17, 15) is 8.42 Å². The highest BCUT2D eigenvalue weighted by Crippen LogP contribution is 2.16. The molecule has 1 aromatic rings. The van der Waals surface area contributed by atoms with Crippen molar-refractivity contribution in [1.82, 2.24) is 4.72 Å². The molecule has 1 atom stereocenters. The van der Waals surface area contributed by atoms with Crippen LogP contribution in [0, 0.1) is 19.8 Å². The van der Waals surface area contributed by atoms with Crippen LogP contribution in [0.5, 0.6) is 0 Å². The third-order valence-electron chi connectivity index (χ3n) is 3.07. The van der Waals surface area contributed by atoms with E-state index in [1.54, 1.807) is 12.1 Å². The highest BCUT2D eigenvalue weighted by atomic mass is 127. The summed E-state index contributed by atoms with van der Waals surface area (Å²) in [6.07, 6.45) is 0. The summed E-state index contributed by atoms with van der Waals surface area (Å²) in [7, 11) is -3.41. The number of nitrogens with one attached hydrogen (secondary N) is 1. The predicted octanol–water partition coefficient (Wildman–Crippen LogP) is 3.04. The van der Waals surface area contributed by atoms with Crippen molar-refractivity contribution in [3.8, 4) is 0 Å². The molecule has 0 bridgehead atoms. The Balaban J connectivity index is 3.02. The van der Waals surface area contributed by atoms with Crippen molar-refractivity contribution in [2.45, 2.75) is 38.6 Å². The van der Waals surface area contributed by atoms with Crippen LogP contribution in [0.15, 0.2) is 23.1 Å². The molecule has 1 unspecified atom stereocenters. The maximum absolute atomic E-state index is 12.3. The molecule has 0 aliphatic rings. The molecule has 1 aromatic carbocycles. The monoisotopic (exact) mass is 381 g/mol. The number of rotatable bonds is 5. The summed E-state index contributed by atoms with van der Waals surface area (Å²) in [5.41, 5.74) is 2.09. The molecule has 0 amide bonds. The molecule has 0 radical (unpaired) electrons. The Hall–Kier alpha value is -0.140. The van der Waals surface area contributed by atoms with Gasteiger partial charge in [-0.05, 0) is 43.0 Å². The summed E-state index contributed by atoms with van der Waals surface area (Å²) in [5.74, 6) is 0.281. The number of hydrogen-bond acceptors (Lipinski definition) is 2. The SMILES string of the molecule is Cc1ccc(S(=O)(=O)NC(CI)C(C)C)cc1C. The molecule has 0 fully saturated rings. The summed E-state index contributed by atoms with van der Waals surface area (Å²) < 4.78 is 28.0. The minimum atomic E-state index is -3.41. The van der Waals surface area contributed by atoms with Crippen molar-refractivity contribution in [3.05, 3.63) is 29.3 Å². The van der Waals surface area contributed by atoms with Crippen LogP contribution < -0.4 is 4.72 Å². The molecule has 3 nitrogen and oxygen atoms in total. The van der Waals surface area contributed by atoms with E-state index in [1.807, 2.05) is 33.8 Å². The second-order valence-corrected chi connectivity index (χ2v) is 7.47. The number of benzene rings is 1. The van der Waals surface area contributed by atoms with Gasteiger partial charge in [-0.1, -0.05) is 42.5 Å². The zero-order chi connectivity index (χ0) is 13.9. The van der Waals surface area contributed by atoms with Crippen LogP contribution in [0.3, 0.4) is 0 Å². The first-order valence-electron chi connectivity index (χ1n) is 5.93. The van der Waals surface area contributed by atoms with Crippen LogP contribution in [0.25, 0.3) is 0 Å². The van der Waals surface area contributed by atoms with E-state index in [0.29, 0.717) is 4.90 Å². The highest BCUT2D eigenvalue weighted by Gasteiger charge is 2.21. The molecule has 0 spiro atoms. The molecule has 5 heteroatoms. The van der Waals surface area contributed by atoms with Gasteiger partial charge in [0.1, 0.15) is 0 Å². The van der Waals surface area contributed by atoms with Crippen molar-refractivity contribution in [3.63, 3.8) is 0 Å². The van der Waals surface area contributed by atoms with Gasteiger partial charge in [-0.25, -0.2) is 13.1 Å². The Kier molecular flexibility index (Phi) is 5.61. The summed E-state index contributed by atoms with van der Waals surface area (Å²) in [4.78, 5) is 0.348. The van der Waals surface area contributed by atoms with Gasteiger partial charge < -0.3 is 0 Å². The lowest BCUT2D eigenvalue weighted by Gasteiger charge is -2.20. The fourth-order valence-corrected chi connectivity index (χ4v) is 4.50. The average molecular weight is 381 g/mol. The maximum atomic E-state index is 12.3. The summed E-state index contributed by atoms with van der Waals surface area (Å²) in [5, 5.41) is 0. The van der Waals surface area contributed by atoms with E-state index >= 15 is 0 Å². The van der Waals surface area contributed by atoms with Crippen molar-refractivity contribution in [2.75, 3.05) is 4.43 Å². The molecule has 0 aromatic heterocycles. The summed E-state index contributed by atoms with van der Waals surface area (Å²) in [6, 6.07) is 5.20. The van der Waals surface area contributed by atoms with E-state index in [-0.39, 0.29) is 12.0 Å². The largest absolute Gasteiger partial charge is 0.240 e. The van der Waals surface area contributed by atoms with Crippen LogP contribution in [-0.4, -0.2) is 18.9 Å². The third kappa shape index (κ3) is 3.93. The van der Waals surface area contributed by atoms with Crippen molar-refractivity contribution in [2.24, 2.45) is 5.92 Å². The predicted molar refractivity (Wildman–Crippen MR) is 83.8 cm³/mol.